The number of rotatable bonds is 5. The molecule has 0 aliphatic rings. The SMILES string of the molecule is COc1ccc(-n2nc(C(=O)Nc3ccc(Cl)cc3Cl)nc2-c2cccc(Cl)c2)cc1. The molecule has 6 nitrogen and oxygen atoms in total. The number of methoxy groups -OCH3 is 1. The van der Waals surface area contributed by atoms with Crippen LogP contribution in [0.4, 0.5) is 5.69 Å². The van der Waals surface area contributed by atoms with E-state index in [2.05, 4.69) is 15.4 Å². The molecule has 0 radical (unpaired) electrons. The quantitative estimate of drug-likeness (QED) is 0.377. The zero-order valence-corrected chi connectivity index (χ0v) is 18.4. The summed E-state index contributed by atoms with van der Waals surface area (Å²) in [7, 11) is 1.59. The molecule has 0 fully saturated rings. The molecule has 0 spiro atoms. The summed E-state index contributed by atoms with van der Waals surface area (Å²) in [6.45, 7) is 0. The van der Waals surface area contributed by atoms with Crippen LogP contribution < -0.4 is 10.1 Å². The van der Waals surface area contributed by atoms with Crippen molar-refractivity contribution >= 4 is 46.4 Å². The van der Waals surface area contributed by atoms with Crippen molar-refractivity contribution in [2.24, 2.45) is 0 Å². The van der Waals surface area contributed by atoms with Crippen LogP contribution in [-0.4, -0.2) is 27.8 Å². The summed E-state index contributed by atoms with van der Waals surface area (Å²) in [5.74, 6) is 0.611. The van der Waals surface area contributed by atoms with E-state index in [0.717, 1.165) is 0 Å². The zero-order valence-electron chi connectivity index (χ0n) is 16.1. The third-order valence-electron chi connectivity index (χ3n) is 4.39. The number of benzene rings is 3. The van der Waals surface area contributed by atoms with E-state index in [1.54, 1.807) is 60.3 Å². The van der Waals surface area contributed by atoms with E-state index in [0.29, 0.717) is 43.6 Å². The summed E-state index contributed by atoms with van der Waals surface area (Å²) >= 11 is 18.2. The minimum Gasteiger partial charge on any atom is -0.497 e. The number of carbonyl (C=O) groups excluding carboxylic acids is 1. The highest BCUT2D eigenvalue weighted by Gasteiger charge is 2.20. The Kier molecular flexibility index (Phi) is 6.13. The van der Waals surface area contributed by atoms with Crippen LogP contribution in [-0.2, 0) is 0 Å². The largest absolute Gasteiger partial charge is 0.497 e. The van der Waals surface area contributed by atoms with Gasteiger partial charge in [0.2, 0.25) is 5.82 Å². The average Bonchev–Trinajstić information content (AvgIpc) is 3.21. The van der Waals surface area contributed by atoms with Gasteiger partial charge in [-0.1, -0.05) is 46.9 Å². The maximum atomic E-state index is 12.9. The molecule has 31 heavy (non-hydrogen) atoms. The number of anilines is 1. The van der Waals surface area contributed by atoms with Gasteiger partial charge in [0.25, 0.3) is 5.91 Å². The van der Waals surface area contributed by atoms with E-state index in [1.165, 1.54) is 0 Å². The normalized spacial score (nSPS) is 10.7. The number of aromatic nitrogens is 3. The number of halogens is 3. The van der Waals surface area contributed by atoms with Crippen LogP contribution >= 0.6 is 34.8 Å². The molecule has 1 aromatic heterocycles. The lowest BCUT2D eigenvalue weighted by molar-refractivity contribution is 0.101. The highest BCUT2D eigenvalue weighted by atomic mass is 35.5. The molecule has 1 amide bonds. The summed E-state index contributed by atoms with van der Waals surface area (Å²) < 4.78 is 6.79. The second-order valence-corrected chi connectivity index (χ2v) is 7.74. The lowest BCUT2D eigenvalue weighted by Gasteiger charge is -2.07. The molecule has 1 heterocycles. The van der Waals surface area contributed by atoms with Gasteiger partial charge in [0.05, 0.1) is 23.5 Å². The Labute approximate surface area is 193 Å². The molecule has 0 saturated carbocycles. The van der Waals surface area contributed by atoms with Gasteiger partial charge >= 0.3 is 0 Å². The molecule has 1 N–H and O–H groups in total. The van der Waals surface area contributed by atoms with E-state index in [9.17, 15) is 4.79 Å². The maximum Gasteiger partial charge on any atom is 0.295 e. The van der Waals surface area contributed by atoms with Crippen molar-refractivity contribution in [2.75, 3.05) is 12.4 Å². The fourth-order valence-electron chi connectivity index (χ4n) is 2.90. The van der Waals surface area contributed by atoms with Gasteiger partial charge in [-0.3, -0.25) is 4.79 Å². The first-order chi connectivity index (χ1) is 14.9. The molecule has 0 aliphatic carbocycles. The smallest absolute Gasteiger partial charge is 0.295 e. The zero-order chi connectivity index (χ0) is 22.0. The van der Waals surface area contributed by atoms with Crippen molar-refractivity contribution in [3.8, 4) is 22.8 Å². The Morgan fingerprint density at radius 2 is 1.71 bits per heavy atom. The number of amides is 1. The fourth-order valence-corrected chi connectivity index (χ4v) is 3.54. The Morgan fingerprint density at radius 1 is 0.968 bits per heavy atom. The standard InChI is InChI=1S/C22H15Cl3N4O2/c1-31-17-8-6-16(7-9-17)29-21(13-3-2-4-14(23)11-13)27-20(28-29)22(30)26-19-10-5-15(24)12-18(19)25/h2-12H,1H3,(H,26,30). The summed E-state index contributed by atoms with van der Waals surface area (Å²) in [5.41, 5.74) is 1.81. The summed E-state index contributed by atoms with van der Waals surface area (Å²) in [4.78, 5) is 17.3. The lowest BCUT2D eigenvalue weighted by atomic mass is 10.2. The molecule has 0 saturated heterocycles. The molecule has 156 valence electrons. The van der Waals surface area contributed by atoms with Crippen LogP contribution in [0.25, 0.3) is 17.1 Å². The van der Waals surface area contributed by atoms with E-state index in [-0.39, 0.29) is 5.82 Å². The van der Waals surface area contributed by atoms with Crippen LogP contribution in [0, 0.1) is 0 Å². The number of hydrogen-bond donors (Lipinski definition) is 1. The van der Waals surface area contributed by atoms with Crippen LogP contribution in [0.1, 0.15) is 10.6 Å². The summed E-state index contributed by atoms with van der Waals surface area (Å²) in [6.07, 6.45) is 0. The summed E-state index contributed by atoms with van der Waals surface area (Å²) in [6, 6.07) is 19.2. The Balaban J connectivity index is 1.75. The van der Waals surface area contributed by atoms with Gasteiger partial charge in [0.15, 0.2) is 5.82 Å². The highest BCUT2D eigenvalue weighted by Crippen LogP contribution is 2.27. The first-order valence-corrected chi connectivity index (χ1v) is 10.2. The Hall–Kier alpha value is -3.06. The summed E-state index contributed by atoms with van der Waals surface area (Å²) in [5, 5.41) is 8.46. The van der Waals surface area contributed by atoms with Crippen LogP contribution in [0.3, 0.4) is 0 Å². The van der Waals surface area contributed by atoms with Gasteiger partial charge < -0.3 is 10.1 Å². The van der Waals surface area contributed by atoms with Gasteiger partial charge in [-0.15, -0.1) is 5.10 Å². The molecule has 4 aromatic rings. The third kappa shape index (κ3) is 4.66. The van der Waals surface area contributed by atoms with Crippen LogP contribution in [0.5, 0.6) is 5.75 Å². The second kappa shape index (κ2) is 8.98. The predicted molar refractivity (Wildman–Crippen MR) is 123 cm³/mol. The van der Waals surface area contributed by atoms with Gasteiger partial charge in [0.1, 0.15) is 5.75 Å². The monoisotopic (exact) mass is 472 g/mol. The van der Waals surface area contributed by atoms with E-state index >= 15 is 0 Å². The number of carbonyl (C=O) groups is 1. The fraction of sp³-hybridized carbons (Fsp3) is 0.0455. The van der Waals surface area contributed by atoms with Gasteiger partial charge in [-0.25, -0.2) is 9.67 Å². The maximum absolute atomic E-state index is 12.9. The third-order valence-corrected chi connectivity index (χ3v) is 5.17. The van der Waals surface area contributed by atoms with E-state index in [4.69, 9.17) is 39.5 Å². The van der Waals surface area contributed by atoms with E-state index < -0.39 is 5.91 Å². The van der Waals surface area contributed by atoms with Crippen molar-refractivity contribution in [2.45, 2.75) is 0 Å². The molecular formula is C22H15Cl3N4O2. The van der Waals surface area contributed by atoms with Gasteiger partial charge in [0, 0.05) is 15.6 Å². The molecule has 3 aromatic carbocycles. The molecule has 0 unspecified atom stereocenters. The molecule has 0 aliphatic heterocycles. The number of ether oxygens (including phenoxy) is 1. The molecule has 0 atom stereocenters. The minimum absolute atomic E-state index is 0.0307. The highest BCUT2D eigenvalue weighted by molar-refractivity contribution is 6.36. The van der Waals surface area contributed by atoms with Crippen molar-refractivity contribution in [1.29, 1.82) is 0 Å². The lowest BCUT2D eigenvalue weighted by Crippen LogP contribution is -2.14. The van der Waals surface area contributed by atoms with Crippen molar-refractivity contribution in [1.82, 2.24) is 14.8 Å². The number of nitrogens with one attached hydrogen (secondary N) is 1. The molecule has 4 rings (SSSR count). The van der Waals surface area contributed by atoms with Gasteiger partial charge in [-0.05, 0) is 54.6 Å². The average molecular weight is 474 g/mol. The Morgan fingerprint density at radius 3 is 2.39 bits per heavy atom. The first-order valence-electron chi connectivity index (χ1n) is 9.08. The van der Waals surface area contributed by atoms with Crippen molar-refractivity contribution in [3.05, 3.63) is 87.6 Å². The molecule has 0 bridgehead atoms. The van der Waals surface area contributed by atoms with Crippen LogP contribution in [0.2, 0.25) is 15.1 Å². The van der Waals surface area contributed by atoms with E-state index in [1.807, 2.05) is 18.2 Å². The topological polar surface area (TPSA) is 69.0 Å². The molecular weight excluding hydrogens is 459 g/mol. The van der Waals surface area contributed by atoms with Crippen LogP contribution in [0.15, 0.2) is 66.7 Å². The number of nitrogens with zero attached hydrogens (tertiary/aromatic N) is 3. The minimum atomic E-state index is -0.514. The predicted octanol–water partition coefficient (Wildman–Crippen LogP) is 6.16. The second-order valence-electron chi connectivity index (χ2n) is 6.46. The van der Waals surface area contributed by atoms with Gasteiger partial charge in [-0.2, -0.15) is 0 Å². The Bertz CT molecular complexity index is 1260. The van der Waals surface area contributed by atoms with Crippen molar-refractivity contribution < 1.29 is 9.53 Å². The molecule has 9 heteroatoms. The number of hydrogen-bond acceptors (Lipinski definition) is 4. The van der Waals surface area contributed by atoms with Crippen molar-refractivity contribution in [3.63, 3.8) is 0 Å². The first kappa shape index (κ1) is 21.2.